The normalized spacial score (nSPS) is 24.8. The average molecular weight is 259 g/mol. The van der Waals surface area contributed by atoms with Crippen LogP contribution in [0.2, 0.25) is 0 Å². The molecule has 0 aromatic carbocycles. The molecule has 0 bridgehead atoms. The van der Waals surface area contributed by atoms with Crippen LogP contribution in [0.1, 0.15) is 79.7 Å². The number of nitrogens with zero attached hydrogens (tertiary/aromatic N) is 2. The molecule has 2 aliphatic rings. The Kier molecular flexibility index (Phi) is 3.83. The van der Waals surface area contributed by atoms with Gasteiger partial charge in [-0.05, 0) is 46.1 Å². The van der Waals surface area contributed by atoms with Crippen molar-refractivity contribution in [2.45, 2.75) is 70.8 Å². The summed E-state index contributed by atoms with van der Waals surface area (Å²) in [5.74, 6) is 1.72. The highest BCUT2D eigenvalue weighted by molar-refractivity contribution is 5.29. The Hall–Kier alpha value is -0.960. The largest absolute Gasteiger partial charge is 0.310 e. The molecule has 0 radical (unpaired) electrons. The fraction of sp³-hybridized carbons (Fsp3) is 0.750. The second kappa shape index (κ2) is 5.58. The van der Waals surface area contributed by atoms with E-state index in [-0.39, 0.29) is 0 Å². The highest BCUT2D eigenvalue weighted by Gasteiger charge is 2.24. The lowest BCUT2D eigenvalue weighted by molar-refractivity contribution is 0.426. The van der Waals surface area contributed by atoms with Gasteiger partial charge in [-0.1, -0.05) is 19.3 Å². The second-order valence-corrected chi connectivity index (χ2v) is 6.15. The van der Waals surface area contributed by atoms with Gasteiger partial charge < -0.3 is 5.32 Å². The monoisotopic (exact) mass is 259 g/mol. The van der Waals surface area contributed by atoms with Gasteiger partial charge >= 0.3 is 0 Å². The third kappa shape index (κ3) is 2.66. The molecule has 0 amide bonds. The molecular weight excluding hydrogens is 234 g/mol. The fourth-order valence-corrected chi connectivity index (χ4v) is 3.73. The molecule has 3 nitrogen and oxygen atoms in total. The van der Waals surface area contributed by atoms with Crippen LogP contribution in [-0.2, 0) is 0 Å². The van der Waals surface area contributed by atoms with Crippen molar-refractivity contribution in [2.24, 2.45) is 0 Å². The number of nitrogens with one attached hydrogen (secondary N) is 1. The average Bonchev–Trinajstić information content (AvgIpc) is 2.93. The molecule has 2 fully saturated rings. The van der Waals surface area contributed by atoms with Crippen molar-refractivity contribution >= 4 is 0 Å². The molecule has 19 heavy (non-hydrogen) atoms. The summed E-state index contributed by atoms with van der Waals surface area (Å²) in [5.41, 5.74) is 3.76. The lowest BCUT2D eigenvalue weighted by Gasteiger charge is -2.23. The van der Waals surface area contributed by atoms with Crippen molar-refractivity contribution in [3.63, 3.8) is 0 Å². The number of aromatic nitrogens is 2. The van der Waals surface area contributed by atoms with Crippen LogP contribution in [-0.4, -0.2) is 16.5 Å². The van der Waals surface area contributed by atoms with Crippen LogP contribution in [0.3, 0.4) is 0 Å². The van der Waals surface area contributed by atoms with Crippen molar-refractivity contribution in [1.29, 1.82) is 0 Å². The minimum atomic E-state index is 0.486. The molecule has 0 spiro atoms. The topological polar surface area (TPSA) is 37.8 Å². The Morgan fingerprint density at radius 2 is 1.58 bits per heavy atom. The van der Waals surface area contributed by atoms with E-state index in [4.69, 9.17) is 9.97 Å². The summed E-state index contributed by atoms with van der Waals surface area (Å²) in [4.78, 5) is 9.70. The van der Waals surface area contributed by atoms with Gasteiger partial charge in [0.15, 0.2) is 0 Å². The summed E-state index contributed by atoms with van der Waals surface area (Å²) < 4.78 is 0. The van der Waals surface area contributed by atoms with E-state index in [2.05, 4.69) is 19.2 Å². The molecule has 1 aliphatic heterocycles. The number of hydrogen-bond donors (Lipinski definition) is 1. The van der Waals surface area contributed by atoms with Gasteiger partial charge in [-0.2, -0.15) is 0 Å². The summed E-state index contributed by atoms with van der Waals surface area (Å²) in [5, 5.41) is 3.57. The third-order valence-corrected chi connectivity index (χ3v) is 4.72. The number of rotatable bonds is 2. The Balaban J connectivity index is 1.88. The first kappa shape index (κ1) is 13.0. The van der Waals surface area contributed by atoms with Gasteiger partial charge in [0.1, 0.15) is 5.82 Å². The van der Waals surface area contributed by atoms with Crippen LogP contribution in [0.25, 0.3) is 0 Å². The summed E-state index contributed by atoms with van der Waals surface area (Å²) in [6.07, 6.45) is 9.14. The maximum atomic E-state index is 4.85. The van der Waals surface area contributed by atoms with Crippen LogP contribution in [0.5, 0.6) is 0 Å². The molecule has 1 aliphatic carbocycles. The summed E-state index contributed by atoms with van der Waals surface area (Å²) >= 11 is 0. The van der Waals surface area contributed by atoms with Gasteiger partial charge in [0.05, 0.1) is 0 Å². The molecule has 1 atom stereocenters. The smallest absolute Gasteiger partial charge is 0.131 e. The minimum Gasteiger partial charge on any atom is -0.310 e. The Morgan fingerprint density at radius 1 is 0.895 bits per heavy atom. The summed E-state index contributed by atoms with van der Waals surface area (Å²) in [6.45, 7) is 5.46. The van der Waals surface area contributed by atoms with E-state index in [0.29, 0.717) is 12.0 Å². The van der Waals surface area contributed by atoms with Crippen molar-refractivity contribution in [3.05, 3.63) is 22.8 Å². The van der Waals surface area contributed by atoms with Crippen molar-refractivity contribution in [2.75, 3.05) is 6.54 Å². The third-order valence-electron chi connectivity index (χ3n) is 4.72. The number of hydrogen-bond acceptors (Lipinski definition) is 3. The van der Waals surface area contributed by atoms with Gasteiger partial charge in [-0.3, -0.25) is 0 Å². The molecule has 1 unspecified atom stereocenters. The van der Waals surface area contributed by atoms with Gasteiger partial charge in [0.2, 0.25) is 0 Å². The first-order valence-corrected chi connectivity index (χ1v) is 7.84. The molecule has 2 heterocycles. The van der Waals surface area contributed by atoms with E-state index in [9.17, 15) is 0 Å². The molecule has 3 rings (SSSR count). The SMILES string of the molecule is Cc1nc(C2CCCCC2)nc(C)c1C1CCCN1. The van der Waals surface area contributed by atoms with E-state index in [0.717, 1.165) is 12.4 Å². The summed E-state index contributed by atoms with van der Waals surface area (Å²) in [7, 11) is 0. The van der Waals surface area contributed by atoms with Crippen LogP contribution in [0.15, 0.2) is 0 Å². The van der Waals surface area contributed by atoms with E-state index in [1.54, 1.807) is 0 Å². The molecule has 104 valence electrons. The van der Waals surface area contributed by atoms with Crippen molar-refractivity contribution in [3.8, 4) is 0 Å². The Labute approximate surface area is 116 Å². The highest BCUT2D eigenvalue weighted by atomic mass is 15.0. The standard InChI is InChI=1S/C16H25N3/c1-11-15(14-9-6-10-17-14)12(2)19-16(18-11)13-7-4-3-5-8-13/h13-14,17H,3-10H2,1-2H3. The van der Waals surface area contributed by atoms with E-state index in [1.807, 2.05) is 0 Å². The zero-order chi connectivity index (χ0) is 13.2. The van der Waals surface area contributed by atoms with Gasteiger partial charge in [0.25, 0.3) is 0 Å². The van der Waals surface area contributed by atoms with Crippen molar-refractivity contribution < 1.29 is 0 Å². The molecule has 1 saturated heterocycles. The highest BCUT2D eigenvalue weighted by Crippen LogP contribution is 2.33. The van der Waals surface area contributed by atoms with Crippen LogP contribution >= 0.6 is 0 Å². The Bertz CT molecular complexity index is 420. The molecule has 1 aromatic rings. The second-order valence-electron chi connectivity index (χ2n) is 6.15. The lowest BCUT2D eigenvalue weighted by Crippen LogP contribution is -2.19. The molecular formula is C16H25N3. The molecule has 1 N–H and O–H groups in total. The quantitative estimate of drug-likeness (QED) is 0.882. The maximum absolute atomic E-state index is 4.85. The van der Waals surface area contributed by atoms with Crippen LogP contribution in [0, 0.1) is 13.8 Å². The van der Waals surface area contributed by atoms with Crippen LogP contribution in [0.4, 0.5) is 0 Å². The predicted octanol–water partition coefficient (Wildman–Crippen LogP) is 3.57. The number of aryl methyl sites for hydroxylation is 2. The van der Waals surface area contributed by atoms with E-state index < -0.39 is 0 Å². The van der Waals surface area contributed by atoms with Gasteiger partial charge in [0, 0.05) is 28.9 Å². The molecule has 1 saturated carbocycles. The lowest BCUT2D eigenvalue weighted by atomic mass is 9.88. The predicted molar refractivity (Wildman–Crippen MR) is 77.3 cm³/mol. The van der Waals surface area contributed by atoms with E-state index in [1.165, 1.54) is 61.9 Å². The van der Waals surface area contributed by atoms with E-state index >= 15 is 0 Å². The van der Waals surface area contributed by atoms with Gasteiger partial charge in [-0.25, -0.2) is 9.97 Å². The molecule has 3 heteroatoms. The first-order chi connectivity index (χ1) is 9.25. The molecule has 1 aromatic heterocycles. The zero-order valence-electron chi connectivity index (χ0n) is 12.2. The first-order valence-electron chi connectivity index (χ1n) is 7.84. The van der Waals surface area contributed by atoms with Gasteiger partial charge in [-0.15, -0.1) is 0 Å². The van der Waals surface area contributed by atoms with Crippen molar-refractivity contribution in [1.82, 2.24) is 15.3 Å². The zero-order valence-corrected chi connectivity index (χ0v) is 12.2. The maximum Gasteiger partial charge on any atom is 0.131 e. The fourth-order valence-electron chi connectivity index (χ4n) is 3.73. The Morgan fingerprint density at radius 3 is 2.16 bits per heavy atom. The van der Waals surface area contributed by atoms with Crippen LogP contribution < -0.4 is 5.32 Å². The minimum absolute atomic E-state index is 0.486. The summed E-state index contributed by atoms with van der Waals surface area (Å²) in [6, 6.07) is 0.486.